The lowest BCUT2D eigenvalue weighted by Crippen LogP contribution is -2.28. The first-order valence-electron chi connectivity index (χ1n) is 1.57. The van der Waals surface area contributed by atoms with E-state index in [1.54, 1.807) is 0 Å². The summed E-state index contributed by atoms with van der Waals surface area (Å²) in [5, 5.41) is 1.30. The normalized spacial score (nSPS) is 10.9. The second-order valence-electron chi connectivity index (χ2n) is 1.04. The van der Waals surface area contributed by atoms with Crippen molar-refractivity contribution < 1.29 is 19.5 Å². The zero-order valence-corrected chi connectivity index (χ0v) is 4.67. The molecule has 0 radical (unpaired) electrons. The van der Waals surface area contributed by atoms with E-state index in [9.17, 15) is 4.79 Å². The van der Waals surface area contributed by atoms with E-state index in [2.05, 4.69) is 5.73 Å². The van der Waals surface area contributed by atoms with Crippen molar-refractivity contribution in [2.24, 2.45) is 5.73 Å². The molecular formula is CH6N2O4P+. The summed E-state index contributed by atoms with van der Waals surface area (Å²) in [7, 11) is -4.20. The van der Waals surface area contributed by atoms with Gasteiger partial charge in [-0.3, -0.25) is 0 Å². The van der Waals surface area contributed by atoms with E-state index in [1.165, 1.54) is 5.09 Å². The van der Waals surface area contributed by atoms with E-state index in [4.69, 9.17) is 14.7 Å². The van der Waals surface area contributed by atoms with Crippen LogP contribution in [0.25, 0.3) is 0 Å². The molecule has 2 amide bonds. The summed E-state index contributed by atoms with van der Waals surface area (Å²) in [5.41, 5.74) is 4.38. The molecule has 0 aromatic carbocycles. The van der Waals surface area contributed by atoms with Gasteiger partial charge >= 0.3 is 14.1 Å². The number of hydrogen-bond donors (Lipinski definition) is 5. The third-order valence-electron chi connectivity index (χ3n) is 0.260. The van der Waals surface area contributed by atoms with E-state index in [1.807, 2.05) is 0 Å². The van der Waals surface area contributed by atoms with Gasteiger partial charge < -0.3 is 5.73 Å². The zero-order chi connectivity index (χ0) is 6.78. The topological polar surface area (TPSA) is 116 Å². The number of hydrogen-bond acceptors (Lipinski definition) is 4. The highest BCUT2D eigenvalue weighted by molar-refractivity contribution is 7.57. The molecule has 0 aliphatic heterocycles. The maximum Gasteiger partial charge on any atom is 0.524 e. The molecule has 0 saturated heterocycles. The number of carbonyl (C=O) groups is 1. The molecule has 48 valence electrons. The number of rotatable bonds is 1. The van der Waals surface area contributed by atoms with Crippen LogP contribution in [-0.4, -0.2) is 20.7 Å². The molecule has 0 spiro atoms. The minimum absolute atomic E-state index is 1.18. The Balaban J connectivity index is 3.55. The number of nitrogens with one attached hydrogen (secondary N) is 1. The second kappa shape index (κ2) is 2.23. The SMILES string of the molecule is NC(=O)N[P+](O)(O)O. The van der Waals surface area contributed by atoms with Gasteiger partial charge in [0.2, 0.25) is 0 Å². The van der Waals surface area contributed by atoms with E-state index < -0.39 is 14.1 Å². The van der Waals surface area contributed by atoms with Crippen LogP contribution in [0.5, 0.6) is 0 Å². The molecule has 0 fully saturated rings. The summed E-state index contributed by atoms with van der Waals surface area (Å²) in [4.78, 5) is 33.7. The van der Waals surface area contributed by atoms with Gasteiger partial charge in [0.25, 0.3) is 0 Å². The minimum Gasteiger partial charge on any atom is -0.349 e. The number of urea groups is 1. The van der Waals surface area contributed by atoms with Crippen molar-refractivity contribution >= 4 is 14.1 Å². The molecule has 0 bridgehead atoms. The van der Waals surface area contributed by atoms with Gasteiger partial charge in [-0.2, -0.15) is 14.7 Å². The standard InChI is InChI=1S/CH5N2O4P/c2-1(4)3-8(5,6)7/h5-7H,(H2-,2,3,4)/p+1. The molecule has 0 atom stereocenters. The van der Waals surface area contributed by atoms with Crippen LogP contribution in [0.3, 0.4) is 0 Å². The highest BCUT2D eigenvalue weighted by Gasteiger charge is 2.31. The van der Waals surface area contributed by atoms with Gasteiger partial charge in [0, 0.05) is 0 Å². The summed E-state index contributed by atoms with van der Waals surface area (Å²) >= 11 is 0. The maximum atomic E-state index is 9.67. The van der Waals surface area contributed by atoms with E-state index in [0.29, 0.717) is 0 Å². The van der Waals surface area contributed by atoms with E-state index in [0.717, 1.165) is 0 Å². The number of amides is 2. The van der Waals surface area contributed by atoms with Gasteiger partial charge in [0.15, 0.2) is 0 Å². The third kappa shape index (κ3) is 5.58. The molecule has 8 heavy (non-hydrogen) atoms. The van der Waals surface area contributed by atoms with Crippen molar-refractivity contribution in [3.8, 4) is 0 Å². The fourth-order valence-electron chi connectivity index (χ4n) is 0.148. The van der Waals surface area contributed by atoms with Crippen LogP contribution in [0.15, 0.2) is 0 Å². The van der Waals surface area contributed by atoms with Gasteiger partial charge in [0.1, 0.15) is 0 Å². The summed E-state index contributed by atoms with van der Waals surface area (Å²) in [6.45, 7) is 0. The van der Waals surface area contributed by atoms with Gasteiger partial charge in [-0.1, -0.05) is 0 Å². The Morgan fingerprint density at radius 2 is 1.88 bits per heavy atom. The summed E-state index contributed by atoms with van der Waals surface area (Å²) in [5.74, 6) is 0. The van der Waals surface area contributed by atoms with Crippen molar-refractivity contribution in [3.05, 3.63) is 0 Å². The van der Waals surface area contributed by atoms with Crippen LogP contribution in [0.2, 0.25) is 0 Å². The van der Waals surface area contributed by atoms with E-state index >= 15 is 0 Å². The van der Waals surface area contributed by atoms with Crippen LogP contribution in [0.4, 0.5) is 4.79 Å². The van der Waals surface area contributed by atoms with Crippen molar-refractivity contribution in [1.82, 2.24) is 5.09 Å². The fourth-order valence-corrected chi connectivity index (χ4v) is 0.444. The third-order valence-corrected chi connectivity index (χ3v) is 0.781. The highest BCUT2D eigenvalue weighted by Crippen LogP contribution is 2.37. The number of carbonyl (C=O) groups excluding carboxylic acids is 1. The van der Waals surface area contributed by atoms with Crippen molar-refractivity contribution in [2.75, 3.05) is 0 Å². The van der Waals surface area contributed by atoms with Gasteiger partial charge in [0.05, 0.1) is 0 Å². The van der Waals surface area contributed by atoms with Crippen LogP contribution < -0.4 is 10.8 Å². The second-order valence-corrected chi connectivity index (χ2v) is 2.40. The summed E-state index contributed by atoms with van der Waals surface area (Å²) in [6, 6.07) is -1.18. The average molecular weight is 141 g/mol. The number of nitrogens with two attached hydrogens (primary N) is 1. The maximum absolute atomic E-state index is 9.67. The Kier molecular flexibility index (Phi) is 2.12. The molecule has 0 aliphatic rings. The summed E-state index contributed by atoms with van der Waals surface area (Å²) in [6.07, 6.45) is 0. The molecule has 0 aromatic rings. The van der Waals surface area contributed by atoms with Crippen LogP contribution in [-0.2, 0) is 0 Å². The average Bonchev–Trinajstić information content (AvgIpc) is 1.21. The van der Waals surface area contributed by atoms with Crippen molar-refractivity contribution in [1.29, 1.82) is 0 Å². The predicted octanol–water partition coefficient (Wildman–Crippen LogP) is -1.69. The highest BCUT2D eigenvalue weighted by atomic mass is 31.2. The van der Waals surface area contributed by atoms with Crippen LogP contribution >= 0.6 is 8.09 Å². The molecule has 0 rings (SSSR count). The lowest BCUT2D eigenvalue weighted by Gasteiger charge is -1.99. The first-order chi connectivity index (χ1) is 3.42. The molecule has 6 nitrogen and oxygen atoms in total. The lowest BCUT2D eigenvalue weighted by molar-refractivity contribution is 0.246. The molecular weight excluding hydrogens is 135 g/mol. The van der Waals surface area contributed by atoms with Gasteiger partial charge in [-0.25, -0.2) is 4.79 Å². The largest absolute Gasteiger partial charge is 0.524 e. The zero-order valence-electron chi connectivity index (χ0n) is 3.77. The molecule has 0 heterocycles. The smallest absolute Gasteiger partial charge is 0.349 e. The number of primary amides is 1. The lowest BCUT2D eigenvalue weighted by atomic mass is 11.2. The van der Waals surface area contributed by atoms with Crippen LogP contribution in [0.1, 0.15) is 0 Å². The van der Waals surface area contributed by atoms with Crippen molar-refractivity contribution in [3.63, 3.8) is 0 Å². The fraction of sp³-hybridized carbons (Fsp3) is 0. The Labute approximate surface area is 45.6 Å². The minimum atomic E-state index is -4.20. The Morgan fingerprint density at radius 1 is 1.50 bits per heavy atom. The van der Waals surface area contributed by atoms with Gasteiger partial charge in [-0.05, 0) is 0 Å². The quantitative estimate of drug-likeness (QED) is 0.280. The molecule has 0 aliphatic carbocycles. The van der Waals surface area contributed by atoms with Crippen molar-refractivity contribution in [2.45, 2.75) is 0 Å². The molecule has 0 aromatic heterocycles. The Hall–Kier alpha value is -0.420. The summed E-state index contributed by atoms with van der Waals surface area (Å²) < 4.78 is 0. The predicted molar refractivity (Wildman–Crippen MR) is 26.3 cm³/mol. The first kappa shape index (κ1) is 7.58. The Bertz CT molecular complexity index is 96.7. The Morgan fingerprint density at radius 3 is 1.88 bits per heavy atom. The van der Waals surface area contributed by atoms with Crippen LogP contribution in [0, 0.1) is 0 Å². The van der Waals surface area contributed by atoms with E-state index in [-0.39, 0.29) is 0 Å². The monoisotopic (exact) mass is 141 g/mol. The molecule has 7 heteroatoms. The first-order valence-corrected chi connectivity index (χ1v) is 3.21. The molecule has 0 unspecified atom stereocenters. The molecule has 6 N–H and O–H groups in total. The van der Waals surface area contributed by atoms with Gasteiger partial charge in [-0.15, -0.1) is 5.09 Å². The molecule has 0 saturated carbocycles.